The van der Waals surface area contributed by atoms with Crippen molar-refractivity contribution in [2.45, 2.75) is 39.5 Å². The smallest absolute Gasteiger partial charge is 0.251 e. The normalized spacial score (nSPS) is 16.6. The Morgan fingerprint density at radius 3 is 2.46 bits per heavy atom. The molecule has 0 unspecified atom stereocenters. The quantitative estimate of drug-likeness (QED) is 0.683. The summed E-state index contributed by atoms with van der Waals surface area (Å²) in [4.78, 5) is 21.9. The van der Waals surface area contributed by atoms with Crippen molar-refractivity contribution >= 4 is 17.4 Å². The highest BCUT2D eigenvalue weighted by atomic mass is 35.5. The van der Waals surface area contributed by atoms with Crippen LogP contribution in [-0.2, 0) is 6.42 Å². The monoisotopic (exact) mass is 366 g/mol. The lowest BCUT2D eigenvalue weighted by atomic mass is 9.81. The van der Waals surface area contributed by atoms with Gasteiger partial charge in [0.05, 0.1) is 17.0 Å². The van der Waals surface area contributed by atoms with Crippen LogP contribution in [0.4, 0.5) is 0 Å². The second-order valence-electron chi connectivity index (χ2n) is 6.82. The molecule has 0 radical (unpaired) electrons. The van der Waals surface area contributed by atoms with Crippen LogP contribution in [0, 0.1) is 20.8 Å². The van der Waals surface area contributed by atoms with Crippen LogP contribution < -0.4 is 0 Å². The zero-order chi connectivity index (χ0) is 18.4. The predicted octanol–water partition coefficient (Wildman–Crippen LogP) is 4.15. The molecule has 4 rings (SSSR count). The van der Waals surface area contributed by atoms with E-state index in [-0.39, 0.29) is 11.7 Å². The summed E-state index contributed by atoms with van der Waals surface area (Å²) in [5.74, 6) is 0.646. The zero-order valence-electron chi connectivity index (χ0n) is 15.0. The second-order valence-corrected chi connectivity index (χ2v) is 7.23. The molecule has 2 heterocycles. The second kappa shape index (κ2) is 6.32. The molecule has 132 valence electrons. The van der Waals surface area contributed by atoms with E-state index in [1.165, 1.54) is 0 Å². The number of carbonyl (C=O) groups is 1. The maximum absolute atomic E-state index is 12.8. The largest absolute Gasteiger partial charge is 0.294 e. The van der Waals surface area contributed by atoms with Crippen molar-refractivity contribution < 1.29 is 4.79 Å². The molecule has 1 aromatic carbocycles. The SMILES string of the molecule is Cc1cc(C)nc(-n2nc(C)c3c2C[C@@H](c2ccccc2Cl)CC3=O)n1. The molecule has 1 atom stereocenters. The maximum atomic E-state index is 12.8. The van der Waals surface area contributed by atoms with Gasteiger partial charge in [0.25, 0.3) is 5.95 Å². The highest BCUT2D eigenvalue weighted by Crippen LogP contribution is 2.37. The van der Waals surface area contributed by atoms with E-state index in [0.717, 1.165) is 28.3 Å². The number of ketones is 1. The number of carbonyl (C=O) groups excluding carboxylic acids is 1. The number of halogens is 1. The molecule has 0 aliphatic heterocycles. The van der Waals surface area contributed by atoms with Gasteiger partial charge in [-0.25, -0.2) is 14.6 Å². The topological polar surface area (TPSA) is 60.7 Å². The average molecular weight is 367 g/mol. The number of nitrogens with zero attached hydrogens (tertiary/aromatic N) is 4. The van der Waals surface area contributed by atoms with Gasteiger partial charge in [-0.05, 0) is 50.8 Å². The van der Waals surface area contributed by atoms with E-state index in [0.29, 0.717) is 29.4 Å². The predicted molar refractivity (Wildman–Crippen MR) is 100 cm³/mol. The number of benzene rings is 1. The summed E-state index contributed by atoms with van der Waals surface area (Å²) in [6.45, 7) is 5.73. The van der Waals surface area contributed by atoms with E-state index in [1.807, 2.05) is 51.1 Å². The molecule has 3 aromatic rings. The Balaban J connectivity index is 1.84. The summed E-state index contributed by atoms with van der Waals surface area (Å²) in [5.41, 5.74) is 5.05. The van der Waals surface area contributed by atoms with Crippen LogP contribution in [-0.4, -0.2) is 25.5 Å². The van der Waals surface area contributed by atoms with E-state index in [4.69, 9.17) is 11.6 Å². The number of Topliss-reactive ketones (excluding diaryl/α,β-unsaturated/α-hetero) is 1. The number of hydrogen-bond acceptors (Lipinski definition) is 4. The molecule has 1 aliphatic rings. The van der Waals surface area contributed by atoms with Crippen LogP contribution in [0.25, 0.3) is 5.95 Å². The van der Waals surface area contributed by atoms with Gasteiger partial charge >= 0.3 is 0 Å². The minimum Gasteiger partial charge on any atom is -0.294 e. The van der Waals surface area contributed by atoms with Gasteiger partial charge in [0.1, 0.15) is 0 Å². The van der Waals surface area contributed by atoms with Gasteiger partial charge in [-0.1, -0.05) is 29.8 Å². The van der Waals surface area contributed by atoms with Crippen molar-refractivity contribution in [2.24, 2.45) is 0 Å². The Kier molecular flexibility index (Phi) is 4.11. The molecular formula is C20H19ClN4O. The lowest BCUT2D eigenvalue weighted by Gasteiger charge is -2.23. The molecule has 0 saturated carbocycles. The lowest BCUT2D eigenvalue weighted by Crippen LogP contribution is -2.21. The van der Waals surface area contributed by atoms with Crippen LogP contribution in [0.3, 0.4) is 0 Å². The first kappa shape index (κ1) is 16.9. The first-order valence-corrected chi connectivity index (χ1v) is 9.00. The van der Waals surface area contributed by atoms with Crippen LogP contribution in [0.2, 0.25) is 5.02 Å². The minimum absolute atomic E-state index is 0.0319. The van der Waals surface area contributed by atoms with Crippen molar-refractivity contribution in [1.29, 1.82) is 0 Å². The Labute approximate surface area is 157 Å². The lowest BCUT2D eigenvalue weighted by molar-refractivity contribution is 0.0963. The van der Waals surface area contributed by atoms with Crippen molar-refractivity contribution in [3.8, 4) is 5.95 Å². The third-order valence-corrected chi connectivity index (χ3v) is 5.16. The van der Waals surface area contributed by atoms with E-state index < -0.39 is 0 Å². The van der Waals surface area contributed by atoms with Gasteiger partial charge in [-0.2, -0.15) is 5.10 Å². The van der Waals surface area contributed by atoms with Gasteiger partial charge in [0.2, 0.25) is 0 Å². The Bertz CT molecular complexity index is 1000. The number of hydrogen-bond donors (Lipinski definition) is 0. The minimum atomic E-state index is 0.0319. The molecular weight excluding hydrogens is 348 g/mol. The number of fused-ring (bicyclic) bond motifs is 1. The van der Waals surface area contributed by atoms with Crippen molar-refractivity contribution in [3.05, 3.63) is 69.3 Å². The highest BCUT2D eigenvalue weighted by molar-refractivity contribution is 6.31. The van der Waals surface area contributed by atoms with Crippen molar-refractivity contribution in [1.82, 2.24) is 19.7 Å². The standard InChI is InChI=1S/C20H19ClN4O/c1-11-8-12(2)23-20(22-11)25-17-9-14(15-6-4-5-7-16(15)21)10-18(26)19(17)13(3)24-25/h4-8,14H,9-10H2,1-3H3/t14-/m1/s1. The summed E-state index contributed by atoms with van der Waals surface area (Å²) in [6.07, 6.45) is 1.12. The molecule has 5 nitrogen and oxygen atoms in total. The molecule has 0 fully saturated rings. The fourth-order valence-corrected chi connectivity index (χ4v) is 4.04. The third kappa shape index (κ3) is 2.82. The Hall–Kier alpha value is -2.53. The van der Waals surface area contributed by atoms with Gasteiger partial charge in [-0.15, -0.1) is 0 Å². The fourth-order valence-electron chi connectivity index (χ4n) is 3.75. The Morgan fingerprint density at radius 2 is 1.77 bits per heavy atom. The van der Waals surface area contributed by atoms with Crippen LogP contribution >= 0.6 is 11.6 Å². The first-order valence-electron chi connectivity index (χ1n) is 8.63. The van der Waals surface area contributed by atoms with E-state index >= 15 is 0 Å². The first-order chi connectivity index (χ1) is 12.4. The van der Waals surface area contributed by atoms with Crippen molar-refractivity contribution in [3.63, 3.8) is 0 Å². The Morgan fingerprint density at radius 1 is 1.08 bits per heavy atom. The van der Waals surface area contributed by atoms with Gasteiger partial charge in [0.15, 0.2) is 5.78 Å². The summed E-state index contributed by atoms with van der Waals surface area (Å²) in [5, 5.41) is 5.28. The number of rotatable bonds is 2. The van der Waals surface area contributed by atoms with Gasteiger partial charge in [0, 0.05) is 22.8 Å². The van der Waals surface area contributed by atoms with E-state index in [1.54, 1.807) is 4.68 Å². The number of aromatic nitrogens is 4. The van der Waals surface area contributed by atoms with Gasteiger partial charge < -0.3 is 0 Å². The summed E-state index contributed by atoms with van der Waals surface area (Å²) in [6, 6.07) is 9.64. The third-order valence-electron chi connectivity index (χ3n) is 4.81. The van der Waals surface area contributed by atoms with Gasteiger partial charge in [-0.3, -0.25) is 4.79 Å². The summed E-state index contributed by atoms with van der Waals surface area (Å²) < 4.78 is 1.73. The molecule has 0 spiro atoms. The van der Waals surface area contributed by atoms with Crippen molar-refractivity contribution in [2.75, 3.05) is 0 Å². The molecule has 0 amide bonds. The highest BCUT2D eigenvalue weighted by Gasteiger charge is 2.33. The molecule has 0 bridgehead atoms. The summed E-state index contributed by atoms with van der Waals surface area (Å²) >= 11 is 6.38. The number of aryl methyl sites for hydroxylation is 3. The molecule has 2 aromatic heterocycles. The molecule has 0 saturated heterocycles. The van der Waals surface area contributed by atoms with Crippen LogP contribution in [0.5, 0.6) is 0 Å². The molecule has 1 aliphatic carbocycles. The average Bonchev–Trinajstić information content (AvgIpc) is 2.91. The van der Waals surface area contributed by atoms with E-state index in [9.17, 15) is 4.79 Å². The molecule has 6 heteroatoms. The summed E-state index contributed by atoms with van der Waals surface area (Å²) in [7, 11) is 0. The zero-order valence-corrected chi connectivity index (χ0v) is 15.7. The van der Waals surface area contributed by atoms with Crippen LogP contribution in [0.1, 0.15) is 51.0 Å². The van der Waals surface area contributed by atoms with Crippen LogP contribution in [0.15, 0.2) is 30.3 Å². The van der Waals surface area contributed by atoms with E-state index in [2.05, 4.69) is 15.1 Å². The molecule has 26 heavy (non-hydrogen) atoms. The maximum Gasteiger partial charge on any atom is 0.251 e. The fraction of sp³-hybridized carbons (Fsp3) is 0.300. The molecule has 0 N–H and O–H groups in total.